The second-order valence-corrected chi connectivity index (χ2v) is 10.9. The molecule has 2 aliphatic heterocycles. The topological polar surface area (TPSA) is 65.0 Å². The zero-order valence-electron chi connectivity index (χ0n) is 12.4. The van der Waals surface area contributed by atoms with Gasteiger partial charge in [0, 0.05) is 6.20 Å². The molecular weight excluding hydrogens is 307 g/mol. The first kappa shape index (κ1) is 16.7. The highest BCUT2D eigenvalue weighted by atomic mass is 32.1. The highest BCUT2D eigenvalue weighted by Gasteiger charge is 2.45. The molecule has 7 heteroatoms. The number of hydrogen-bond donors (Lipinski definition) is 3. The van der Waals surface area contributed by atoms with Crippen LogP contribution < -0.4 is 5.32 Å². The lowest BCUT2D eigenvalue weighted by atomic mass is 10.1. The van der Waals surface area contributed by atoms with Crippen LogP contribution in [0.3, 0.4) is 0 Å². The van der Waals surface area contributed by atoms with Crippen molar-refractivity contribution in [1.29, 1.82) is 0 Å². The van der Waals surface area contributed by atoms with Crippen LogP contribution >= 0.6 is 19.1 Å². The van der Waals surface area contributed by atoms with Gasteiger partial charge in [0.25, 0.3) is 0 Å². The second-order valence-electron chi connectivity index (χ2n) is 6.15. The molecule has 2 heterocycles. The molecule has 0 spiro atoms. The Morgan fingerprint density at radius 3 is 2.67 bits per heavy atom. The van der Waals surface area contributed by atoms with Crippen LogP contribution in [0.15, 0.2) is 24.7 Å². The number of aliphatic hydroxyl groups excluding tert-OH is 2. The molecule has 0 unspecified atom stereocenters. The molecule has 0 aliphatic carbocycles. The van der Waals surface area contributed by atoms with E-state index in [9.17, 15) is 10.2 Å². The highest BCUT2D eigenvalue weighted by Crippen LogP contribution is 2.38. The number of thiocarbonyl (C=S) groups is 1. The van der Waals surface area contributed by atoms with Gasteiger partial charge in [-0.15, -0.1) is 13.2 Å². The Kier molecular flexibility index (Phi) is 4.96. The minimum Gasteiger partial charge on any atom is -0.388 e. The summed E-state index contributed by atoms with van der Waals surface area (Å²) in [4.78, 5) is 2.22. The van der Waals surface area contributed by atoms with Crippen LogP contribution in [0.25, 0.3) is 0 Å². The summed E-state index contributed by atoms with van der Waals surface area (Å²) in [5.74, 6) is 0.532. The zero-order chi connectivity index (χ0) is 15.8. The maximum Gasteiger partial charge on any atom is 0.164 e. The molecule has 3 N–H and O–H groups in total. The van der Waals surface area contributed by atoms with E-state index in [1.165, 1.54) is 0 Å². The third-order valence-electron chi connectivity index (χ3n) is 3.60. The molecule has 1 fully saturated rings. The summed E-state index contributed by atoms with van der Waals surface area (Å²) >= 11 is 5.03. The van der Waals surface area contributed by atoms with Crippen LogP contribution in [0.5, 0.6) is 0 Å². The number of aliphatic hydroxyl groups is 2. The van der Waals surface area contributed by atoms with E-state index in [-0.39, 0.29) is 6.10 Å². The van der Waals surface area contributed by atoms with Crippen molar-refractivity contribution in [3.63, 3.8) is 0 Å². The predicted molar refractivity (Wildman–Crippen MR) is 91.9 cm³/mol. The molecule has 0 radical (unpaired) electrons. The number of ether oxygens (including phenoxy) is 1. The zero-order valence-corrected chi connectivity index (χ0v) is 14.1. The lowest BCUT2D eigenvalue weighted by Crippen LogP contribution is -2.46. The smallest absolute Gasteiger partial charge is 0.164 e. The molecule has 5 nitrogen and oxygen atoms in total. The van der Waals surface area contributed by atoms with E-state index < -0.39 is 25.3 Å². The molecule has 4 atom stereocenters. The van der Waals surface area contributed by atoms with E-state index in [2.05, 4.69) is 31.5 Å². The van der Waals surface area contributed by atoms with Crippen molar-refractivity contribution in [3.05, 3.63) is 24.7 Å². The summed E-state index contributed by atoms with van der Waals surface area (Å²) in [6, 6.07) is 0. The Morgan fingerprint density at radius 1 is 1.43 bits per heavy atom. The summed E-state index contributed by atoms with van der Waals surface area (Å²) in [5.41, 5.74) is 0. The van der Waals surface area contributed by atoms with Gasteiger partial charge in [0.15, 0.2) is 6.23 Å². The average Bonchev–Trinajstić information content (AvgIpc) is 2.64. The van der Waals surface area contributed by atoms with E-state index in [0.29, 0.717) is 17.2 Å². The third kappa shape index (κ3) is 3.96. The number of rotatable bonds is 4. The summed E-state index contributed by atoms with van der Waals surface area (Å²) < 4.78 is 5.85. The molecule has 118 valence electrons. The first-order valence-electron chi connectivity index (χ1n) is 6.84. The molecule has 21 heavy (non-hydrogen) atoms. The highest BCUT2D eigenvalue weighted by molar-refractivity contribution is 7.80. The van der Waals surface area contributed by atoms with Crippen LogP contribution in [0.2, 0.25) is 0 Å². The molecular formula is C14H23N2O3PS. The summed E-state index contributed by atoms with van der Waals surface area (Å²) in [5, 5.41) is 23.3. The van der Waals surface area contributed by atoms with Gasteiger partial charge >= 0.3 is 0 Å². The van der Waals surface area contributed by atoms with Crippen LogP contribution in [-0.4, -0.2) is 70.4 Å². The maximum absolute atomic E-state index is 10.2. The first-order chi connectivity index (χ1) is 9.69. The van der Waals surface area contributed by atoms with Gasteiger partial charge in [-0.3, -0.25) is 0 Å². The summed E-state index contributed by atoms with van der Waals surface area (Å²) in [6.07, 6.45) is 6.22. The molecule has 2 aliphatic rings. The van der Waals surface area contributed by atoms with Crippen molar-refractivity contribution in [2.75, 3.05) is 19.5 Å². The molecule has 2 rings (SSSR count). The summed E-state index contributed by atoms with van der Waals surface area (Å²) in [7, 11) is 0. The van der Waals surface area contributed by atoms with Crippen LogP contribution in [0, 0.1) is 0 Å². The van der Waals surface area contributed by atoms with Gasteiger partial charge < -0.3 is 25.2 Å². The Bertz CT molecular complexity index is 516. The van der Waals surface area contributed by atoms with E-state index in [0.717, 1.165) is 6.16 Å². The maximum atomic E-state index is 10.2. The fraction of sp³-hybridized carbons (Fsp3) is 0.571. The lowest BCUT2D eigenvalue weighted by Gasteiger charge is -2.33. The minimum atomic E-state index is -1.18. The minimum absolute atomic E-state index is 0.388. The van der Waals surface area contributed by atoms with Gasteiger partial charge in [0.2, 0.25) is 0 Å². The first-order valence-corrected chi connectivity index (χ1v) is 10.3. The van der Waals surface area contributed by atoms with Crippen LogP contribution in [-0.2, 0) is 4.74 Å². The van der Waals surface area contributed by atoms with Gasteiger partial charge in [0.1, 0.15) is 23.0 Å². The third-order valence-corrected chi connectivity index (χ3v) is 5.30. The second kappa shape index (κ2) is 6.23. The molecule has 0 amide bonds. The van der Waals surface area contributed by atoms with E-state index in [1.807, 2.05) is 0 Å². The normalized spacial score (nSPS) is 33.4. The van der Waals surface area contributed by atoms with Gasteiger partial charge in [-0.1, -0.05) is 18.8 Å². The van der Waals surface area contributed by atoms with Crippen molar-refractivity contribution in [2.24, 2.45) is 0 Å². The van der Waals surface area contributed by atoms with Gasteiger partial charge in [-0.25, -0.2) is 0 Å². The standard InChI is InChI=1S/C14H23N2O3PS/c1-9-15-11(21)5-7-16(9)14-13(18)12(17)10(19-14)6-8-20(2,3)4/h5,7,10,12-14,17-18H,1-2,6,8H2,3-4H3,(H,15,21)/t10-,12-,13-,14-/m1/s1. The fourth-order valence-corrected chi connectivity index (χ4v) is 3.53. The molecule has 0 aromatic rings. The van der Waals surface area contributed by atoms with E-state index in [1.54, 1.807) is 17.2 Å². The monoisotopic (exact) mass is 330 g/mol. The van der Waals surface area contributed by atoms with Crippen molar-refractivity contribution < 1.29 is 14.9 Å². The Hall–Kier alpha value is -0.650. The predicted octanol–water partition coefficient (Wildman–Crippen LogP) is 0.750. The van der Waals surface area contributed by atoms with E-state index in [4.69, 9.17) is 17.0 Å². The lowest BCUT2D eigenvalue weighted by molar-refractivity contribution is -0.0590. The Morgan fingerprint density at radius 2 is 2.10 bits per heavy atom. The largest absolute Gasteiger partial charge is 0.388 e. The Labute approximate surface area is 131 Å². The number of hydrogen-bond acceptors (Lipinski definition) is 5. The van der Waals surface area contributed by atoms with Crippen LogP contribution in [0.4, 0.5) is 0 Å². The van der Waals surface area contributed by atoms with Crippen molar-refractivity contribution in [3.8, 4) is 0 Å². The van der Waals surface area contributed by atoms with Crippen LogP contribution in [0.1, 0.15) is 6.42 Å². The molecule has 0 bridgehead atoms. The van der Waals surface area contributed by atoms with Gasteiger partial charge in [0.05, 0.1) is 6.10 Å². The number of nitrogens with one attached hydrogen (secondary N) is 1. The van der Waals surface area contributed by atoms with Crippen molar-refractivity contribution >= 4 is 30.4 Å². The van der Waals surface area contributed by atoms with Crippen molar-refractivity contribution in [1.82, 2.24) is 10.2 Å². The average molecular weight is 330 g/mol. The molecule has 0 saturated carbocycles. The van der Waals surface area contributed by atoms with Crippen molar-refractivity contribution in [2.45, 2.75) is 31.0 Å². The van der Waals surface area contributed by atoms with E-state index >= 15 is 0 Å². The molecule has 0 aromatic heterocycles. The van der Waals surface area contributed by atoms with Gasteiger partial charge in [-0.2, -0.15) is 0 Å². The number of nitrogens with zero attached hydrogens (tertiary/aromatic N) is 1. The fourth-order valence-electron chi connectivity index (χ4n) is 2.40. The summed E-state index contributed by atoms with van der Waals surface area (Å²) in [6.45, 7) is 6.96. The molecule has 0 aromatic carbocycles. The molecule has 1 saturated heterocycles. The van der Waals surface area contributed by atoms with Gasteiger partial charge in [-0.05, 0) is 32.0 Å². The Balaban J connectivity index is 2.06. The quantitative estimate of drug-likeness (QED) is 0.522. The SMILES string of the molecule is C=C1NC(=S)C=CN1[C@@H]1O[C@H](CCP(=C)(C)C)[C@@H](O)[C@H]1O.